The van der Waals surface area contributed by atoms with Crippen molar-refractivity contribution in [1.29, 1.82) is 0 Å². The van der Waals surface area contributed by atoms with Gasteiger partial charge in [0.2, 0.25) is 0 Å². The van der Waals surface area contributed by atoms with Crippen LogP contribution in [0.25, 0.3) is 4.83 Å². The monoisotopic (exact) mass is 208 g/mol. The molecule has 2 aromatic heterocycles. The maximum atomic E-state index is 4.17. The Balaban J connectivity index is 2.11. The Morgan fingerprint density at radius 1 is 1.64 bits per heavy atom. The summed E-state index contributed by atoms with van der Waals surface area (Å²) >= 11 is 1.74. The van der Waals surface area contributed by atoms with Crippen LogP contribution in [0.3, 0.4) is 0 Å². The van der Waals surface area contributed by atoms with Gasteiger partial charge in [0.15, 0.2) is 0 Å². The van der Waals surface area contributed by atoms with Gasteiger partial charge in [0.1, 0.15) is 4.83 Å². The third-order valence-corrected chi connectivity index (χ3v) is 3.85. The van der Waals surface area contributed by atoms with Gasteiger partial charge < -0.3 is 5.32 Å². The van der Waals surface area contributed by atoms with Crippen molar-refractivity contribution >= 4 is 16.2 Å². The summed E-state index contributed by atoms with van der Waals surface area (Å²) < 4.78 is 2.00. The molecule has 0 spiro atoms. The Kier molecular flexibility index (Phi) is 1.81. The lowest BCUT2D eigenvalue weighted by Gasteiger charge is -2.04. The van der Waals surface area contributed by atoms with Crippen molar-refractivity contribution in [3.63, 3.8) is 0 Å². The standard InChI is InChI=1S/C9H12N4S/c1-6-9-13(12-11-6)8(5-14-9)7-2-3-10-4-7/h5,7,10H,2-4H2,1H3. The highest BCUT2D eigenvalue weighted by molar-refractivity contribution is 7.15. The van der Waals surface area contributed by atoms with Crippen molar-refractivity contribution in [2.24, 2.45) is 0 Å². The van der Waals surface area contributed by atoms with Gasteiger partial charge in [0.05, 0.1) is 11.4 Å². The van der Waals surface area contributed by atoms with Crippen molar-refractivity contribution in [3.8, 4) is 0 Å². The Morgan fingerprint density at radius 3 is 3.36 bits per heavy atom. The molecule has 0 amide bonds. The smallest absolute Gasteiger partial charge is 0.142 e. The fourth-order valence-electron chi connectivity index (χ4n) is 1.99. The maximum Gasteiger partial charge on any atom is 0.142 e. The van der Waals surface area contributed by atoms with Crippen molar-refractivity contribution in [1.82, 2.24) is 20.1 Å². The lowest BCUT2D eigenvalue weighted by molar-refractivity contribution is 0.688. The molecule has 3 rings (SSSR count). The second-order valence-corrected chi connectivity index (χ2v) is 4.60. The lowest BCUT2D eigenvalue weighted by atomic mass is 10.1. The highest BCUT2D eigenvalue weighted by atomic mass is 32.1. The van der Waals surface area contributed by atoms with Gasteiger partial charge in [-0.2, -0.15) is 0 Å². The largest absolute Gasteiger partial charge is 0.316 e. The Labute approximate surface area is 85.9 Å². The molecule has 14 heavy (non-hydrogen) atoms. The van der Waals surface area contributed by atoms with E-state index in [2.05, 4.69) is 21.0 Å². The highest BCUT2D eigenvalue weighted by Crippen LogP contribution is 2.27. The zero-order valence-electron chi connectivity index (χ0n) is 8.03. The molecular weight excluding hydrogens is 196 g/mol. The molecule has 0 aromatic carbocycles. The van der Waals surface area contributed by atoms with Crippen LogP contribution in [-0.4, -0.2) is 27.9 Å². The lowest BCUT2D eigenvalue weighted by Crippen LogP contribution is -2.09. The van der Waals surface area contributed by atoms with Gasteiger partial charge in [-0.05, 0) is 19.9 Å². The molecule has 1 saturated heterocycles. The normalized spacial score (nSPS) is 22.2. The molecule has 3 heterocycles. The van der Waals surface area contributed by atoms with E-state index < -0.39 is 0 Å². The van der Waals surface area contributed by atoms with Gasteiger partial charge in [-0.3, -0.25) is 0 Å². The summed E-state index contributed by atoms with van der Waals surface area (Å²) in [7, 11) is 0. The molecule has 1 atom stereocenters. The molecule has 2 aromatic rings. The van der Waals surface area contributed by atoms with Crippen molar-refractivity contribution in [3.05, 3.63) is 16.8 Å². The third-order valence-electron chi connectivity index (χ3n) is 2.80. The molecule has 4 nitrogen and oxygen atoms in total. The number of aryl methyl sites for hydroxylation is 1. The van der Waals surface area contributed by atoms with E-state index in [0.717, 1.165) is 18.8 Å². The molecule has 0 saturated carbocycles. The first-order chi connectivity index (χ1) is 6.86. The van der Waals surface area contributed by atoms with E-state index in [9.17, 15) is 0 Å². The molecule has 1 N–H and O–H groups in total. The summed E-state index contributed by atoms with van der Waals surface area (Å²) in [4.78, 5) is 1.19. The number of hydrogen-bond acceptors (Lipinski definition) is 4. The number of aromatic nitrogens is 3. The van der Waals surface area contributed by atoms with Gasteiger partial charge in [0.25, 0.3) is 0 Å². The molecule has 74 valence electrons. The summed E-state index contributed by atoms with van der Waals surface area (Å²) in [6.07, 6.45) is 1.21. The summed E-state index contributed by atoms with van der Waals surface area (Å²) in [5, 5.41) is 13.9. The van der Waals surface area contributed by atoms with Crippen LogP contribution >= 0.6 is 11.3 Å². The Morgan fingerprint density at radius 2 is 2.57 bits per heavy atom. The van der Waals surface area contributed by atoms with Crippen LogP contribution in [0.2, 0.25) is 0 Å². The van der Waals surface area contributed by atoms with Crippen LogP contribution in [0, 0.1) is 6.92 Å². The fraction of sp³-hybridized carbons (Fsp3) is 0.556. The number of nitrogens with zero attached hydrogens (tertiary/aromatic N) is 3. The van der Waals surface area contributed by atoms with E-state index in [1.807, 2.05) is 11.4 Å². The maximum absolute atomic E-state index is 4.17. The van der Waals surface area contributed by atoms with E-state index in [4.69, 9.17) is 0 Å². The summed E-state index contributed by atoms with van der Waals surface area (Å²) in [6.45, 7) is 4.20. The van der Waals surface area contributed by atoms with E-state index in [1.165, 1.54) is 16.9 Å². The molecule has 1 fully saturated rings. The second kappa shape index (κ2) is 3.03. The van der Waals surface area contributed by atoms with Gasteiger partial charge in [-0.1, -0.05) is 5.21 Å². The van der Waals surface area contributed by atoms with Crippen LogP contribution in [0.4, 0.5) is 0 Å². The van der Waals surface area contributed by atoms with Crippen molar-refractivity contribution < 1.29 is 0 Å². The van der Waals surface area contributed by atoms with Gasteiger partial charge in [-0.15, -0.1) is 16.4 Å². The first-order valence-electron chi connectivity index (χ1n) is 4.86. The summed E-state index contributed by atoms with van der Waals surface area (Å²) in [5.74, 6) is 0.616. The predicted octanol–water partition coefficient (Wildman–Crippen LogP) is 1.18. The zero-order valence-corrected chi connectivity index (χ0v) is 8.84. The van der Waals surface area contributed by atoms with Crippen molar-refractivity contribution in [2.75, 3.05) is 13.1 Å². The first-order valence-corrected chi connectivity index (χ1v) is 5.74. The van der Waals surface area contributed by atoms with E-state index >= 15 is 0 Å². The minimum atomic E-state index is 0.616. The summed E-state index contributed by atoms with van der Waals surface area (Å²) in [6, 6.07) is 0. The Bertz CT molecular complexity index is 452. The zero-order chi connectivity index (χ0) is 9.54. The molecule has 5 heteroatoms. The molecule has 1 aliphatic rings. The first kappa shape index (κ1) is 8.38. The second-order valence-electron chi connectivity index (χ2n) is 3.74. The number of nitrogens with one attached hydrogen (secondary N) is 1. The quantitative estimate of drug-likeness (QED) is 0.765. The number of thiazole rings is 1. The average molecular weight is 208 g/mol. The van der Waals surface area contributed by atoms with Crippen LogP contribution in [0.1, 0.15) is 23.7 Å². The minimum Gasteiger partial charge on any atom is -0.316 e. The summed E-state index contributed by atoms with van der Waals surface area (Å²) in [5.41, 5.74) is 2.35. The van der Waals surface area contributed by atoms with Crippen molar-refractivity contribution in [2.45, 2.75) is 19.3 Å². The fourth-order valence-corrected chi connectivity index (χ4v) is 2.97. The Hall–Kier alpha value is -0.940. The number of rotatable bonds is 1. The van der Waals surface area contributed by atoms with E-state index in [-0.39, 0.29) is 0 Å². The van der Waals surface area contributed by atoms with Gasteiger partial charge >= 0.3 is 0 Å². The topological polar surface area (TPSA) is 42.2 Å². The van der Waals surface area contributed by atoms with E-state index in [0.29, 0.717) is 5.92 Å². The van der Waals surface area contributed by atoms with Gasteiger partial charge in [-0.25, -0.2) is 4.52 Å². The molecule has 0 bridgehead atoms. The predicted molar refractivity (Wildman–Crippen MR) is 55.8 cm³/mol. The highest BCUT2D eigenvalue weighted by Gasteiger charge is 2.21. The molecule has 0 radical (unpaired) electrons. The number of hydrogen-bond donors (Lipinski definition) is 1. The SMILES string of the molecule is Cc1nnn2c(C3CCNC3)csc12. The molecule has 0 aliphatic carbocycles. The van der Waals surface area contributed by atoms with Crippen LogP contribution < -0.4 is 5.32 Å². The average Bonchev–Trinajstić information content (AvgIpc) is 2.84. The van der Waals surface area contributed by atoms with Gasteiger partial charge in [0, 0.05) is 17.8 Å². The minimum absolute atomic E-state index is 0.616. The molecule has 1 unspecified atom stereocenters. The number of fused-ring (bicyclic) bond motifs is 1. The van der Waals surface area contributed by atoms with E-state index in [1.54, 1.807) is 11.3 Å². The molecule has 1 aliphatic heterocycles. The molecular formula is C9H12N4S. The van der Waals surface area contributed by atoms with Crippen LogP contribution in [0.15, 0.2) is 5.38 Å². The third kappa shape index (κ3) is 1.09. The van der Waals surface area contributed by atoms with Crippen LogP contribution in [0.5, 0.6) is 0 Å². The van der Waals surface area contributed by atoms with Crippen LogP contribution in [-0.2, 0) is 0 Å².